The molecule has 3 atom stereocenters. The Morgan fingerprint density at radius 2 is 1.86 bits per heavy atom. The van der Waals surface area contributed by atoms with Gasteiger partial charge in [0.25, 0.3) is 0 Å². The van der Waals surface area contributed by atoms with E-state index in [4.69, 9.17) is 0 Å². The van der Waals surface area contributed by atoms with E-state index in [0.29, 0.717) is 37.1 Å². The Morgan fingerprint density at radius 3 is 2.56 bits per heavy atom. The number of alkyl halides is 2. The molecule has 0 radical (unpaired) electrons. The summed E-state index contributed by atoms with van der Waals surface area (Å²) in [6.45, 7) is 3.12. The second-order valence-electron chi connectivity index (χ2n) is 10.3. The van der Waals surface area contributed by atoms with Gasteiger partial charge in [-0.05, 0) is 61.4 Å². The van der Waals surface area contributed by atoms with Crippen molar-refractivity contribution < 1.29 is 22.7 Å². The Balaban J connectivity index is 1.48. The molecule has 2 N–H and O–H groups in total. The lowest BCUT2D eigenvalue weighted by Gasteiger charge is -2.41. The smallest absolute Gasteiger partial charge is 0.136 e. The average Bonchev–Trinajstić information content (AvgIpc) is 3.19. The highest BCUT2D eigenvalue weighted by atomic mass is 19.1. The molecule has 3 heterocycles. The minimum absolute atomic E-state index is 0.0959. The largest absolute Gasteiger partial charge is 0.393 e. The van der Waals surface area contributed by atoms with Gasteiger partial charge in [-0.15, -0.1) is 0 Å². The molecule has 1 unspecified atom stereocenters. The summed E-state index contributed by atoms with van der Waals surface area (Å²) in [5.74, 6) is -1.00. The molecule has 1 fully saturated rings. The normalized spacial score (nSPS) is 22.1. The highest BCUT2D eigenvalue weighted by molar-refractivity contribution is 5.85. The van der Waals surface area contributed by atoms with E-state index in [1.807, 2.05) is 31.2 Å². The Labute approximate surface area is 208 Å². The van der Waals surface area contributed by atoms with Gasteiger partial charge in [-0.3, -0.25) is 9.29 Å². The third-order valence-electron chi connectivity index (χ3n) is 7.70. The number of hydrogen-bond donors (Lipinski definition) is 2. The standard InChI is InChI=1S/C28H33F4N3O/c1-17-9-22-21-5-2-3-6-25(21)33-27(22)28(35(17)15-20(30)16-36)26-23(31)11-18(12-24(26)32)10-19-13-34(14-19)8-4-7-29/h2-3,5-6,11-12,17,19-20,28,33,36H,4,7-10,13-16H2,1H3/t17-,20+,28?/m1/s1. The molecule has 0 amide bonds. The molecular formula is C28H33F4N3O. The first-order valence-corrected chi connectivity index (χ1v) is 12.8. The number of aliphatic hydroxyl groups excluding tert-OH is 1. The Morgan fingerprint density at radius 1 is 1.14 bits per heavy atom. The second kappa shape index (κ2) is 10.5. The van der Waals surface area contributed by atoms with Gasteiger partial charge >= 0.3 is 0 Å². The van der Waals surface area contributed by atoms with E-state index >= 15 is 8.78 Å². The summed E-state index contributed by atoms with van der Waals surface area (Å²) in [7, 11) is 0. The van der Waals surface area contributed by atoms with Crippen LogP contribution in [-0.2, 0) is 12.8 Å². The number of nitrogens with one attached hydrogen (secondary N) is 1. The van der Waals surface area contributed by atoms with Gasteiger partial charge in [0.05, 0.1) is 19.3 Å². The zero-order chi connectivity index (χ0) is 25.4. The quantitative estimate of drug-likeness (QED) is 0.407. The number of aliphatic hydroxyl groups is 1. The first-order chi connectivity index (χ1) is 17.4. The average molecular weight is 504 g/mol. The van der Waals surface area contributed by atoms with Gasteiger partial charge in [0.15, 0.2) is 0 Å². The summed E-state index contributed by atoms with van der Waals surface area (Å²) in [5, 5.41) is 10.4. The summed E-state index contributed by atoms with van der Waals surface area (Å²) in [5.41, 5.74) is 3.04. The van der Waals surface area contributed by atoms with E-state index in [1.54, 1.807) is 4.90 Å². The second-order valence-corrected chi connectivity index (χ2v) is 10.3. The van der Waals surface area contributed by atoms with Crippen LogP contribution < -0.4 is 0 Å². The van der Waals surface area contributed by atoms with E-state index < -0.39 is 30.5 Å². The highest BCUT2D eigenvalue weighted by Gasteiger charge is 2.39. The van der Waals surface area contributed by atoms with Gasteiger partial charge in [0.1, 0.15) is 17.8 Å². The summed E-state index contributed by atoms with van der Waals surface area (Å²) < 4.78 is 58.2. The summed E-state index contributed by atoms with van der Waals surface area (Å²) in [6, 6.07) is 9.53. The molecular weight excluding hydrogens is 470 g/mol. The molecule has 0 bridgehead atoms. The van der Waals surface area contributed by atoms with Crippen LogP contribution in [0, 0.1) is 17.6 Å². The summed E-state index contributed by atoms with van der Waals surface area (Å²) >= 11 is 0. The third kappa shape index (κ3) is 4.78. The van der Waals surface area contributed by atoms with Crippen LogP contribution >= 0.6 is 0 Å². The predicted molar refractivity (Wildman–Crippen MR) is 133 cm³/mol. The van der Waals surface area contributed by atoms with Gasteiger partial charge in [-0.1, -0.05) is 18.2 Å². The monoisotopic (exact) mass is 503 g/mol. The van der Waals surface area contributed by atoms with Crippen molar-refractivity contribution in [1.82, 2.24) is 14.8 Å². The van der Waals surface area contributed by atoms with Gasteiger partial charge < -0.3 is 15.0 Å². The molecule has 5 rings (SSSR count). The molecule has 2 aliphatic rings. The van der Waals surface area contributed by atoms with E-state index in [2.05, 4.69) is 9.88 Å². The first-order valence-electron chi connectivity index (χ1n) is 12.8. The Hall–Kier alpha value is -2.42. The van der Waals surface area contributed by atoms with E-state index in [9.17, 15) is 13.9 Å². The lowest BCUT2D eigenvalue weighted by Crippen LogP contribution is -2.48. The van der Waals surface area contributed by atoms with Crippen molar-refractivity contribution in [2.45, 2.75) is 44.4 Å². The summed E-state index contributed by atoms with van der Waals surface area (Å²) in [6.07, 6.45) is 0.146. The van der Waals surface area contributed by atoms with Crippen molar-refractivity contribution in [3.05, 3.63) is 70.4 Å². The zero-order valence-corrected chi connectivity index (χ0v) is 20.5. The van der Waals surface area contributed by atoms with Crippen molar-refractivity contribution in [1.29, 1.82) is 0 Å². The number of rotatable bonds is 9. The number of likely N-dealkylation sites (tertiary alicyclic amines) is 1. The van der Waals surface area contributed by atoms with Gasteiger partial charge in [0, 0.05) is 54.4 Å². The molecule has 0 saturated carbocycles. The molecule has 1 aromatic heterocycles. The lowest BCUT2D eigenvalue weighted by atomic mass is 9.86. The minimum Gasteiger partial charge on any atom is -0.393 e. The number of nitrogens with zero attached hydrogens (tertiary/aromatic N) is 2. The molecule has 194 valence electrons. The van der Waals surface area contributed by atoms with Crippen molar-refractivity contribution >= 4 is 10.9 Å². The molecule has 0 aliphatic carbocycles. The predicted octanol–water partition coefficient (Wildman–Crippen LogP) is 4.95. The lowest BCUT2D eigenvalue weighted by molar-refractivity contribution is 0.0750. The number of aromatic nitrogens is 1. The molecule has 2 aromatic carbocycles. The van der Waals surface area contributed by atoms with Crippen LogP contribution in [0.5, 0.6) is 0 Å². The van der Waals surface area contributed by atoms with Gasteiger partial charge in [-0.2, -0.15) is 0 Å². The van der Waals surface area contributed by atoms with E-state index in [0.717, 1.165) is 29.6 Å². The number of benzene rings is 2. The Bertz CT molecular complexity index is 1190. The molecule has 36 heavy (non-hydrogen) atoms. The fourth-order valence-corrected chi connectivity index (χ4v) is 6.01. The fourth-order valence-electron chi connectivity index (χ4n) is 6.01. The van der Waals surface area contributed by atoms with E-state index in [1.165, 1.54) is 12.1 Å². The number of hydrogen-bond acceptors (Lipinski definition) is 3. The van der Waals surface area contributed by atoms with Crippen LogP contribution in [0.25, 0.3) is 10.9 Å². The van der Waals surface area contributed by atoms with Crippen molar-refractivity contribution in [3.8, 4) is 0 Å². The van der Waals surface area contributed by atoms with Crippen LogP contribution in [0.1, 0.15) is 41.8 Å². The maximum absolute atomic E-state index is 15.7. The molecule has 8 heteroatoms. The van der Waals surface area contributed by atoms with Crippen LogP contribution in [0.15, 0.2) is 36.4 Å². The Kier molecular flexibility index (Phi) is 7.37. The maximum atomic E-state index is 15.7. The SMILES string of the molecule is C[C@@H]1Cc2c([nH]c3ccccc23)C(c2c(F)cc(CC3CN(CCCF)C3)cc2F)N1C[C@H](F)CO. The van der Waals surface area contributed by atoms with Gasteiger partial charge in [-0.25, -0.2) is 13.2 Å². The van der Waals surface area contributed by atoms with Crippen molar-refractivity contribution in [2.75, 3.05) is 39.5 Å². The van der Waals surface area contributed by atoms with Crippen LogP contribution in [0.3, 0.4) is 0 Å². The number of aromatic amines is 1. The van der Waals surface area contributed by atoms with Crippen LogP contribution in [-0.4, -0.2) is 71.6 Å². The minimum atomic E-state index is -1.52. The molecule has 2 aliphatic heterocycles. The number of fused-ring (bicyclic) bond motifs is 3. The van der Waals surface area contributed by atoms with Crippen LogP contribution in [0.4, 0.5) is 17.6 Å². The molecule has 1 saturated heterocycles. The molecule has 0 spiro atoms. The highest BCUT2D eigenvalue weighted by Crippen LogP contribution is 2.42. The maximum Gasteiger partial charge on any atom is 0.136 e. The van der Waals surface area contributed by atoms with Crippen molar-refractivity contribution in [3.63, 3.8) is 0 Å². The number of halogens is 4. The molecule has 3 aromatic rings. The van der Waals surface area contributed by atoms with Gasteiger partial charge in [0.2, 0.25) is 0 Å². The fraction of sp³-hybridized carbons (Fsp3) is 0.500. The topological polar surface area (TPSA) is 42.5 Å². The third-order valence-corrected chi connectivity index (χ3v) is 7.70. The summed E-state index contributed by atoms with van der Waals surface area (Å²) in [4.78, 5) is 7.27. The zero-order valence-electron chi connectivity index (χ0n) is 20.5. The first kappa shape index (κ1) is 25.2. The number of H-pyrrole nitrogens is 1. The van der Waals surface area contributed by atoms with E-state index in [-0.39, 0.29) is 30.7 Å². The molecule has 4 nitrogen and oxygen atoms in total. The van der Waals surface area contributed by atoms with Crippen molar-refractivity contribution in [2.24, 2.45) is 5.92 Å². The van der Waals surface area contributed by atoms with Crippen LogP contribution in [0.2, 0.25) is 0 Å². The number of para-hydroxylation sites is 1.